The molecule has 2 aliphatic rings. The highest BCUT2D eigenvalue weighted by atomic mass is 19.1. The molecule has 4 rings (SSSR count). The van der Waals surface area contributed by atoms with Crippen LogP contribution in [0.25, 0.3) is 10.9 Å². The molecule has 10 nitrogen and oxygen atoms in total. The maximum Gasteiger partial charge on any atom is 0.317 e. The average molecular weight is 526 g/mol. The van der Waals surface area contributed by atoms with Crippen LogP contribution in [0.1, 0.15) is 45.7 Å². The van der Waals surface area contributed by atoms with Crippen LogP contribution in [0.3, 0.4) is 0 Å². The van der Waals surface area contributed by atoms with Gasteiger partial charge >= 0.3 is 6.03 Å². The number of carbonyl (C=O) groups excluding carboxylic acids is 2. The molecule has 2 aromatic heterocycles. The topological polar surface area (TPSA) is 134 Å². The molecular formula is C27H36FN7O3. The third-order valence-corrected chi connectivity index (χ3v) is 7.35. The number of pyridine rings is 2. The van der Waals surface area contributed by atoms with Crippen LogP contribution in [0.5, 0.6) is 0 Å². The minimum absolute atomic E-state index is 0.0644. The zero-order chi connectivity index (χ0) is 27.4. The molecule has 3 amide bonds. The van der Waals surface area contributed by atoms with E-state index in [1.807, 2.05) is 12.1 Å². The number of hydrogen-bond acceptors (Lipinski definition) is 7. The second-order valence-electron chi connectivity index (χ2n) is 11.2. The quantitative estimate of drug-likeness (QED) is 0.527. The monoisotopic (exact) mass is 525 g/mol. The number of urea groups is 1. The second kappa shape index (κ2) is 11.5. The molecule has 0 aromatic carbocycles. The summed E-state index contributed by atoms with van der Waals surface area (Å²) in [6, 6.07) is 5.32. The lowest BCUT2D eigenvalue weighted by atomic mass is 9.90. The normalized spacial score (nSPS) is 24.1. The van der Waals surface area contributed by atoms with Gasteiger partial charge in [0.1, 0.15) is 17.8 Å². The van der Waals surface area contributed by atoms with Gasteiger partial charge < -0.3 is 25.5 Å². The summed E-state index contributed by atoms with van der Waals surface area (Å²) in [5.74, 6) is -0.351. The number of rotatable bonds is 6. The van der Waals surface area contributed by atoms with Crippen molar-refractivity contribution in [2.45, 2.75) is 57.8 Å². The minimum atomic E-state index is -1.30. The molecule has 2 aliphatic heterocycles. The summed E-state index contributed by atoms with van der Waals surface area (Å²) in [5, 5.41) is 25.4. The van der Waals surface area contributed by atoms with Gasteiger partial charge in [0.2, 0.25) is 5.91 Å². The molecular weight excluding hydrogens is 489 g/mol. The summed E-state index contributed by atoms with van der Waals surface area (Å²) >= 11 is 0. The summed E-state index contributed by atoms with van der Waals surface area (Å²) in [7, 11) is 0. The van der Waals surface area contributed by atoms with Gasteiger partial charge in [0.05, 0.1) is 30.6 Å². The molecule has 2 saturated heterocycles. The summed E-state index contributed by atoms with van der Waals surface area (Å²) in [5.41, 5.74) is 0.916. The van der Waals surface area contributed by atoms with Crippen molar-refractivity contribution in [3.05, 3.63) is 30.2 Å². The molecule has 204 valence electrons. The lowest BCUT2D eigenvalue weighted by Crippen LogP contribution is -2.56. The van der Waals surface area contributed by atoms with Crippen LogP contribution in [-0.4, -0.2) is 82.5 Å². The molecule has 0 aliphatic carbocycles. The Hall–Kier alpha value is -3.52. The first-order chi connectivity index (χ1) is 18.1. The number of halogens is 1. The molecule has 2 aromatic rings. The van der Waals surface area contributed by atoms with Gasteiger partial charge in [0.25, 0.3) is 0 Å². The summed E-state index contributed by atoms with van der Waals surface area (Å²) in [4.78, 5) is 37.6. The van der Waals surface area contributed by atoms with E-state index in [2.05, 4.69) is 38.5 Å². The number of fused-ring (bicyclic) bond motifs is 1. The number of nitrogens with zero attached hydrogens (tertiary/aromatic N) is 5. The number of aromatic nitrogens is 2. The lowest BCUT2D eigenvalue weighted by molar-refractivity contribution is -0.123. The zero-order valence-electron chi connectivity index (χ0n) is 22.2. The summed E-state index contributed by atoms with van der Waals surface area (Å²) < 4.78 is 15.0. The van der Waals surface area contributed by atoms with Crippen LogP contribution in [0.4, 0.5) is 14.9 Å². The van der Waals surface area contributed by atoms with Crippen molar-refractivity contribution < 1.29 is 19.1 Å². The molecule has 2 fully saturated rings. The highest BCUT2D eigenvalue weighted by Crippen LogP contribution is 2.30. The van der Waals surface area contributed by atoms with E-state index in [0.717, 1.165) is 24.0 Å². The van der Waals surface area contributed by atoms with Gasteiger partial charge in [-0.05, 0) is 44.7 Å². The van der Waals surface area contributed by atoms with Crippen molar-refractivity contribution in [1.29, 1.82) is 5.26 Å². The fourth-order valence-corrected chi connectivity index (χ4v) is 5.34. The fourth-order valence-electron chi connectivity index (χ4n) is 5.34. The largest absolute Gasteiger partial charge is 0.394 e. The van der Waals surface area contributed by atoms with E-state index in [-0.39, 0.29) is 37.2 Å². The van der Waals surface area contributed by atoms with E-state index >= 15 is 0 Å². The Morgan fingerprint density at radius 2 is 2.08 bits per heavy atom. The number of amides is 3. The van der Waals surface area contributed by atoms with Gasteiger partial charge in [-0.25, -0.2) is 14.2 Å². The molecule has 4 heterocycles. The number of aliphatic hydroxyl groups excluding tert-OH is 1. The van der Waals surface area contributed by atoms with E-state index in [1.54, 1.807) is 26.2 Å². The number of aliphatic hydroxyl groups is 1. The van der Waals surface area contributed by atoms with Gasteiger partial charge in [-0.15, -0.1) is 0 Å². The first kappa shape index (κ1) is 27.5. The van der Waals surface area contributed by atoms with E-state index in [9.17, 15) is 24.3 Å². The van der Waals surface area contributed by atoms with E-state index in [0.29, 0.717) is 30.9 Å². The van der Waals surface area contributed by atoms with Crippen LogP contribution in [-0.2, 0) is 4.79 Å². The predicted molar refractivity (Wildman–Crippen MR) is 141 cm³/mol. The van der Waals surface area contributed by atoms with Crippen molar-refractivity contribution in [3.63, 3.8) is 0 Å². The first-order valence-electron chi connectivity index (χ1n) is 13.1. The van der Waals surface area contributed by atoms with Crippen LogP contribution < -0.4 is 15.5 Å². The van der Waals surface area contributed by atoms with E-state index in [4.69, 9.17) is 0 Å². The van der Waals surface area contributed by atoms with Crippen molar-refractivity contribution in [1.82, 2.24) is 25.5 Å². The molecule has 11 heteroatoms. The van der Waals surface area contributed by atoms with Crippen molar-refractivity contribution in [2.24, 2.45) is 11.8 Å². The Balaban J connectivity index is 1.35. The number of nitriles is 1. The Kier molecular flexibility index (Phi) is 8.31. The standard InChI is InChI=1S/C27H36FN7O3/c1-17-9-19(14-35(13-17)23-12-31-22(11-29)25-20(23)5-4-7-30-25)32-24(37)10-18-6-8-34(15-21(18)28)26(38)33-27(2,3)16-36/h4-5,7,12,17-19,21,36H,6,8-10,13-16H2,1-3H3,(H,32,37)(H,33,38)/t17-,18?,19+,21?/m0/s1. The molecule has 0 spiro atoms. The van der Waals surface area contributed by atoms with E-state index < -0.39 is 23.7 Å². The Morgan fingerprint density at radius 1 is 1.29 bits per heavy atom. The second-order valence-corrected chi connectivity index (χ2v) is 11.2. The van der Waals surface area contributed by atoms with Crippen molar-refractivity contribution in [3.8, 4) is 6.07 Å². The summed E-state index contributed by atoms with van der Waals surface area (Å²) in [6.07, 6.45) is 3.29. The minimum Gasteiger partial charge on any atom is -0.394 e. The highest BCUT2D eigenvalue weighted by molar-refractivity contribution is 5.93. The molecule has 0 radical (unpaired) electrons. The summed E-state index contributed by atoms with van der Waals surface area (Å²) in [6.45, 7) is 6.92. The van der Waals surface area contributed by atoms with Gasteiger partial charge in [0.15, 0.2) is 5.69 Å². The SMILES string of the molecule is C[C@H]1C[C@@H](NC(=O)CC2CCN(C(=O)NC(C)(C)CO)CC2F)CN(c2cnc(C#N)c3ncccc23)C1. The number of hydrogen-bond donors (Lipinski definition) is 3. The Morgan fingerprint density at radius 3 is 2.79 bits per heavy atom. The molecule has 0 bridgehead atoms. The van der Waals surface area contributed by atoms with Gasteiger partial charge in [-0.2, -0.15) is 5.26 Å². The van der Waals surface area contributed by atoms with Crippen LogP contribution >= 0.6 is 0 Å². The van der Waals surface area contributed by atoms with Gasteiger partial charge in [-0.3, -0.25) is 9.78 Å². The number of alkyl halides is 1. The zero-order valence-corrected chi connectivity index (χ0v) is 22.2. The number of nitrogens with one attached hydrogen (secondary N) is 2. The molecule has 3 N–H and O–H groups in total. The van der Waals surface area contributed by atoms with Crippen LogP contribution in [0.2, 0.25) is 0 Å². The maximum atomic E-state index is 15.0. The smallest absolute Gasteiger partial charge is 0.317 e. The number of anilines is 1. The maximum absolute atomic E-state index is 15.0. The highest BCUT2D eigenvalue weighted by Gasteiger charge is 2.35. The van der Waals surface area contributed by atoms with Crippen molar-refractivity contribution in [2.75, 3.05) is 37.7 Å². The number of piperidine rings is 2. The van der Waals surface area contributed by atoms with Crippen LogP contribution in [0.15, 0.2) is 24.5 Å². The van der Waals surface area contributed by atoms with Gasteiger partial charge in [-0.1, -0.05) is 6.92 Å². The molecule has 2 unspecified atom stereocenters. The van der Waals surface area contributed by atoms with Gasteiger partial charge in [0, 0.05) is 49.6 Å². The third-order valence-electron chi connectivity index (χ3n) is 7.35. The third kappa shape index (κ3) is 6.30. The van der Waals surface area contributed by atoms with Crippen LogP contribution in [0, 0.1) is 23.2 Å². The molecule has 0 saturated carbocycles. The molecule has 38 heavy (non-hydrogen) atoms. The predicted octanol–water partition coefficient (Wildman–Crippen LogP) is 2.36. The first-order valence-corrected chi connectivity index (χ1v) is 13.1. The number of carbonyl (C=O) groups is 2. The van der Waals surface area contributed by atoms with Crippen molar-refractivity contribution >= 4 is 28.5 Å². The molecule has 4 atom stereocenters. The Labute approximate surface area is 222 Å². The average Bonchev–Trinajstić information content (AvgIpc) is 2.88. The number of likely N-dealkylation sites (tertiary alicyclic amines) is 1. The fraction of sp³-hybridized carbons (Fsp3) is 0.593. The van der Waals surface area contributed by atoms with E-state index in [1.165, 1.54) is 4.90 Å². The Bertz CT molecular complexity index is 1220. The lowest BCUT2D eigenvalue weighted by Gasteiger charge is -2.39.